The number of hydrogen-bond acceptors (Lipinski definition) is 7. The molecule has 0 bridgehead atoms. The second kappa shape index (κ2) is 6.37. The van der Waals surface area contributed by atoms with Gasteiger partial charge in [0.05, 0.1) is 24.2 Å². The normalized spacial score (nSPS) is 11.2. The number of non-ortho nitro benzene ring substituents is 1. The van der Waals surface area contributed by atoms with Gasteiger partial charge in [-0.15, -0.1) is 5.10 Å². The van der Waals surface area contributed by atoms with E-state index in [1.807, 2.05) is 0 Å². The van der Waals surface area contributed by atoms with Gasteiger partial charge in [0.25, 0.3) is 5.69 Å². The van der Waals surface area contributed by atoms with Gasteiger partial charge in [0.15, 0.2) is 0 Å². The van der Waals surface area contributed by atoms with Crippen molar-refractivity contribution in [2.45, 2.75) is 6.54 Å². The van der Waals surface area contributed by atoms with Crippen LogP contribution >= 0.6 is 0 Å². The monoisotopic (exact) mass is 289 g/mol. The summed E-state index contributed by atoms with van der Waals surface area (Å²) in [6.45, 7) is 0.136. The lowest BCUT2D eigenvalue weighted by Gasteiger charge is -2.05. The molecular formula is C12H11N5O4. The van der Waals surface area contributed by atoms with Gasteiger partial charge < -0.3 is 4.74 Å². The van der Waals surface area contributed by atoms with Gasteiger partial charge in [0.1, 0.15) is 6.33 Å². The van der Waals surface area contributed by atoms with E-state index in [2.05, 4.69) is 15.5 Å². The molecule has 9 nitrogen and oxygen atoms in total. The van der Waals surface area contributed by atoms with Crippen LogP contribution in [0, 0.1) is 10.1 Å². The van der Waals surface area contributed by atoms with Crippen molar-refractivity contribution < 1.29 is 14.5 Å². The maximum Gasteiger partial charge on any atom is 0.335 e. The smallest absolute Gasteiger partial charge is 0.335 e. The first-order chi connectivity index (χ1) is 10.1. The van der Waals surface area contributed by atoms with Crippen molar-refractivity contribution in [3.05, 3.63) is 51.8 Å². The molecule has 0 aliphatic carbocycles. The largest absolute Gasteiger partial charge is 0.466 e. The predicted octanol–water partition coefficient (Wildman–Crippen LogP) is 0.838. The number of rotatable bonds is 5. The number of nitro groups is 1. The van der Waals surface area contributed by atoms with Crippen LogP contribution in [-0.2, 0) is 16.1 Å². The second-order valence-corrected chi connectivity index (χ2v) is 4.02. The Morgan fingerprint density at radius 1 is 1.43 bits per heavy atom. The molecule has 0 aliphatic heterocycles. The molecule has 0 fully saturated rings. The third-order valence-corrected chi connectivity index (χ3v) is 2.62. The second-order valence-electron chi connectivity index (χ2n) is 4.02. The van der Waals surface area contributed by atoms with Gasteiger partial charge in [0, 0.05) is 12.1 Å². The van der Waals surface area contributed by atoms with Crippen molar-refractivity contribution >= 4 is 17.7 Å². The zero-order valence-corrected chi connectivity index (χ0v) is 11.0. The van der Waals surface area contributed by atoms with Crippen LogP contribution in [0.3, 0.4) is 0 Å². The van der Waals surface area contributed by atoms with E-state index in [1.165, 1.54) is 30.3 Å². The quantitative estimate of drug-likeness (QED) is 0.347. The third kappa shape index (κ3) is 3.69. The summed E-state index contributed by atoms with van der Waals surface area (Å²) in [6, 6.07) is 5.80. The Bertz CT molecular complexity index is 663. The number of esters is 1. The van der Waals surface area contributed by atoms with Gasteiger partial charge >= 0.3 is 5.97 Å². The van der Waals surface area contributed by atoms with Crippen molar-refractivity contribution in [3.63, 3.8) is 0 Å². The van der Waals surface area contributed by atoms with Crippen LogP contribution in [0.1, 0.15) is 5.56 Å². The van der Waals surface area contributed by atoms with Gasteiger partial charge in [-0.3, -0.25) is 10.1 Å². The Hall–Kier alpha value is -3.10. The molecule has 0 unspecified atom stereocenters. The summed E-state index contributed by atoms with van der Waals surface area (Å²) in [6.07, 6.45) is 2.93. The number of carbonyl (C=O) groups excluding carboxylic acids is 1. The molecule has 1 aromatic heterocycles. The van der Waals surface area contributed by atoms with Crippen LogP contribution in [-0.4, -0.2) is 38.2 Å². The molecule has 0 saturated carbocycles. The third-order valence-electron chi connectivity index (χ3n) is 2.62. The lowest BCUT2D eigenvalue weighted by Crippen LogP contribution is -2.12. The molecule has 0 aliphatic rings. The minimum absolute atomic E-state index is 0.0211. The van der Waals surface area contributed by atoms with Crippen LogP contribution < -0.4 is 0 Å². The van der Waals surface area contributed by atoms with Crippen molar-refractivity contribution in [2.75, 3.05) is 7.11 Å². The van der Waals surface area contributed by atoms with Crippen molar-refractivity contribution in [3.8, 4) is 0 Å². The van der Waals surface area contributed by atoms with E-state index in [0.717, 1.165) is 0 Å². The van der Waals surface area contributed by atoms with E-state index < -0.39 is 10.9 Å². The van der Waals surface area contributed by atoms with E-state index in [1.54, 1.807) is 18.2 Å². The lowest BCUT2D eigenvalue weighted by atomic mass is 10.1. The summed E-state index contributed by atoms with van der Waals surface area (Å²) in [5.74, 6) is -0.524. The highest BCUT2D eigenvalue weighted by Gasteiger charge is 2.12. The highest BCUT2D eigenvalue weighted by atomic mass is 16.6. The van der Waals surface area contributed by atoms with Crippen LogP contribution in [0.4, 0.5) is 5.69 Å². The molecule has 2 rings (SSSR count). The number of tetrazole rings is 1. The summed E-state index contributed by atoms with van der Waals surface area (Å²) < 4.78 is 6.07. The summed E-state index contributed by atoms with van der Waals surface area (Å²) in [4.78, 5) is 21.8. The van der Waals surface area contributed by atoms with E-state index >= 15 is 0 Å². The molecule has 9 heteroatoms. The Kier molecular flexibility index (Phi) is 4.34. The first-order valence-electron chi connectivity index (χ1n) is 5.84. The molecule has 0 radical (unpaired) electrons. The summed E-state index contributed by atoms with van der Waals surface area (Å²) >= 11 is 0. The lowest BCUT2D eigenvalue weighted by molar-refractivity contribution is -0.384. The molecule has 21 heavy (non-hydrogen) atoms. The molecule has 0 saturated heterocycles. The Labute approximate surface area is 119 Å². The van der Waals surface area contributed by atoms with Crippen LogP contribution in [0.5, 0.6) is 0 Å². The fraction of sp³-hybridized carbons (Fsp3) is 0.167. The average molecular weight is 289 g/mol. The fourth-order valence-corrected chi connectivity index (χ4v) is 1.62. The SMILES string of the molecule is COC(=O)/C(=C/c1ccc([N+](=O)[O-])cc1)Cn1cnnn1. The topological polar surface area (TPSA) is 113 Å². The van der Waals surface area contributed by atoms with Gasteiger partial charge in [-0.25, -0.2) is 9.48 Å². The number of hydrogen-bond donors (Lipinski definition) is 0. The Morgan fingerprint density at radius 2 is 2.14 bits per heavy atom. The predicted molar refractivity (Wildman–Crippen MR) is 70.9 cm³/mol. The Morgan fingerprint density at radius 3 is 2.67 bits per heavy atom. The zero-order valence-electron chi connectivity index (χ0n) is 11.0. The summed E-state index contributed by atoms with van der Waals surface area (Å²) in [5.41, 5.74) is 0.931. The van der Waals surface area contributed by atoms with E-state index in [4.69, 9.17) is 4.74 Å². The Balaban J connectivity index is 2.26. The average Bonchev–Trinajstić information content (AvgIpc) is 2.99. The van der Waals surface area contributed by atoms with E-state index in [-0.39, 0.29) is 12.2 Å². The van der Waals surface area contributed by atoms with Crippen molar-refractivity contribution in [1.29, 1.82) is 0 Å². The molecule has 108 valence electrons. The number of benzene rings is 1. The number of aromatic nitrogens is 4. The van der Waals surface area contributed by atoms with E-state index in [0.29, 0.717) is 11.1 Å². The van der Waals surface area contributed by atoms with Crippen molar-refractivity contribution in [1.82, 2.24) is 20.2 Å². The minimum Gasteiger partial charge on any atom is -0.466 e. The molecular weight excluding hydrogens is 278 g/mol. The van der Waals surface area contributed by atoms with Crippen LogP contribution in [0.25, 0.3) is 6.08 Å². The molecule has 2 aromatic rings. The van der Waals surface area contributed by atoms with Gasteiger partial charge in [0.2, 0.25) is 0 Å². The highest BCUT2D eigenvalue weighted by Crippen LogP contribution is 2.15. The first kappa shape index (κ1) is 14.3. The molecule has 1 aromatic carbocycles. The van der Waals surface area contributed by atoms with Gasteiger partial charge in [-0.05, 0) is 34.2 Å². The summed E-state index contributed by atoms with van der Waals surface area (Å²) in [7, 11) is 1.27. The molecule has 0 atom stereocenters. The number of methoxy groups -OCH3 is 1. The van der Waals surface area contributed by atoms with Gasteiger partial charge in [-0.2, -0.15) is 0 Å². The van der Waals surface area contributed by atoms with Crippen LogP contribution in [0.2, 0.25) is 0 Å². The molecule has 1 heterocycles. The molecule has 0 N–H and O–H groups in total. The van der Waals surface area contributed by atoms with Crippen molar-refractivity contribution in [2.24, 2.45) is 0 Å². The highest BCUT2D eigenvalue weighted by molar-refractivity contribution is 5.93. The summed E-state index contributed by atoms with van der Waals surface area (Å²) in [5, 5.41) is 21.2. The van der Waals surface area contributed by atoms with Gasteiger partial charge in [-0.1, -0.05) is 0 Å². The maximum atomic E-state index is 11.7. The standard InChI is InChI=1S/C12H11N5O4/c1-21-12(18)10(7-16-8-13-14-15-16)6-9-2-4-11(5-3-9)17(19)20/h2-6,8H,7H2,1H3/b10-6+. The molecule has 0 spiro atoms. The first-order valence-corrected chi connectivity index (χ1v) is 5.84. The number of nitrogens with zero attached hydrogens (tertiary/aromatic N) is 5. The molecule has 0 amide bonds. The number of nitro benzene ring substituents is 1. The van der Waals surface area contributed by atoms with E-state index in [9.17, 15) is 14.9 Å². The minimum atomic E-state index is -0.524. The number of ether oxygens (including phenoxy) is 1. The van der Waals surface area contributed by atoms with Crippen LogP contribution in [0.15, 0.2) is 36.2 Å². The zero-order chi connectivity index (χ0) is 15.2. The fourth-order valence-electron chi connectivity index (χ4n) is 1.62. The maximum absolute atomic E-state index is 11.7. The number of carbonyl (C=O) groups is 1.